The van der Waals surface area contributed by atoms with E-state index in [1.165, 1.54) is 0 Å². The third-order valence-electron chi connectivity index (χ3n) is 5.74. The molecule has 1 unspecified atom stereocenters. The molecule has 9 nitrogen and oxygen atoms in total. The molecular formula is C17H18ClN7O2. The fraction of sp³-hybridized carbons (Fsp3) is 0.529. The van der Waals surface area contributed by atoms with E-state index in [0.29, 0.717) is 48.0 Å². The van der Waals surface area contributed by atoms with Gasteiger partial charge in [-0.2, -0.15) is 10.1 Å². The number of anilines is 2. The quantitative estimate of drug-likeness (QED) is 0.685. The van der Waals surface area contributed by atoms with Gasteiger partial charge in [0.1, 0.15) is 5.69 Å². The summed E-state index contributed by atoms with van der Waals surface area (Å²) in [6.45, 7) is 4.89. The fourth-order valence-electron chi connectivity index (χ4n) is 4.23. The molecule has 0 spiro atoms. The van der Waals surface area contributed by atoms with Gasteiger partial charge < -0.3 is 14.8 Å². The number of ether oxygens (including phenoxy) is 2. The largest absolute Gasteiger partial charge is 0.475 e. The summed E-state index contributed by atoms with van der Waals surface area (Å²) in [6.07, 6.45) is 2.48. The molecule has 2 bridgehead atoms. The lowest BCUT2D eigenvalue weighted by molar-refractivity contribution is 0.149. The first-order valence-electron chi connectivity index (χ1n) is 9.16. The van der Waals surface area contributed by atoms with E-state index >= 15 is 0 Å². The maximum Gasteiger partial charge on any atom is 0.257 e. The van der Waals surface area contributed by atoms with Crippen molar-refractivity contribution >= 4 is 34.3 Å². The van der Waals surface area contributed by atoms with E-state index in [9.17, 15) is 0 Å². The van der Waals surface area contributed by atoms with Gasteiger partial charge in [0, 0.05) is 31.0 Å². The number of nitrogens with one attached hydrogen (secondary N) is 1. The third-order valence-corrected chi connectivity index (χ3v) is 6.02. The van der Waals surface area contributed by atoms with Gasteiger partial charge in [-0.3, -0.25) is 4.68 Å². The molecule has 10 heteroatoms. The van der Waals surface area contributed by atoms with Gasteiger partial charge in [0.2, 0.25) is 5.95 Å². The van der Waals surface area contributed by atoms with Crippen LogP contribution in [-0.4, -0.2) is 49.3 Å². The second-order valence-corrected chi connectivity index (χ2v) is 7.70. The summed E-state index contributed by atoms with van der Waals surface area (Å²) in [5.74, 6) is 2.20. The highest BCUT2D eigenvalue weighted by Gasteiger charge is 2.56. The van der Waals surface area contributed by atoms with Crippen molar-refractivity contribution in [3.05, 3.63) is 17.0 Å². The number of hydrogen-bond donors (Lipinski definition) is 1. The van der Waals surface area contributed by atoms with E-state index in [-0.39, 0.29) is 0 Å². The molecule has 1 saturated carbocycles. The number of aromatic nitrogens is 6. The van der Waals surface area contributed by atoms with Crippen molar-refractivity contribution in [3.8, 4) is 5.88 Å². The van der Waals surface area contributed by atoms with Crippen LogP contribution in [0.2, 0.25) is 5.15 Å². The molecule has 3 aromatic heterocycles. The molecular weight excluding hydrogens is 370 g/mol. The topological polar surface area (TPSA) is 91.9 Å². The maximum absolute atomic E-state index is 6.21. The highest BCUT2D eigenvalue weighted by Crippen LogP contribution is 2.55. The van der Waals surface area contributed by atoms with Gasteiger partial charge >= 0.3 is 0 Å². The molecule has 140 valence electrons. The van der Waals surface area contributed by atoms with Crippen LogP contribution < -0.4 is 10.1 Å². The van der Waals surface area contributed by atoms with Gasteiger partial charge in [0.05, 0.1) is 36.9 Å². The molecule has 0 radical (unpaired) electrons. The standard InChI is InChI=1S/C17H18ClN7O2/c1-8-12-16(23-25(8)13-10-6-26-7-11(10)13)27-4-2-3-24-15-9(14(18)22-24)5-19-17(20-12)21-15/h5,10-11,13H,2-4,6-7H2,1H3,(H,19,20,21)/t10-,11+,13?. The first-order chi connectivity index (χ1) is 13.2. The van der Waals surface area contributed by atoms with E-state index in [0.717, 1.165) is 42.0 Å². The van der Waals surface area contributed by atoms with Crippen LogP contribution in [0.25, 0.3) is 11.0 Å². The van der Waals surface area contributed by atoms with Crippen LogP contribution >= 0.6 is 11.6 Å². The second kappa shape index (κ2) is 5.56. The molecule has 3 aliphatic rings. The van der Waals surface area contributed by atoms with Crippen molar-refractivity contribution in [3.63, 3.8) is 0 Å². The number of nitrogens with zero attached hydrogens (tertiary/aromatic N) is 6. The molecule has 3 aromatic rings. The van der Waals surface area contributed by atoms with Crippen molar-refractivity contribution in [1.82, 2.24) is 29.5 Å². The first kappa shape index (κ1) is 15.6. The summed E-state index contributed by atoms with van der Waals surface area (Å²) in [4.78, 5) is 9.03. The van der Waals surface area contributed by atoms with E-state index in [4.69, 9.17) is 26.2 Å². The summed E-state index contributed by atoms with van der Waals surface area (Å²) < 4.78 is 15.4. The van der Waals surface area contributed by atoms with Gasteiger partial charge in [-0.05, 0) is 6.92 Å². The van der Waals surface area contributed by atoms with Crippen LogP contribution in [0, 0.1) is 18.8 Å². The Kier molecular flexibility index (Phi) is 3.22. The molecule has 1 N–H and O–H groups in total. The Morgan fingerprint density at radius 3 is 2.96 bits per heavy atom. The highest BCUT2D eigenvalue weighted by atomic mass is 35.5. The SMILES string of the molecule is Cc1c2c(nn1C1[C@H]3COC[C@@H]13)OCCCn1nc(Cl)c3cnc(nc31)N2. The van der Waals surface area contributed by atoms with Crippen LogP contribution in [0.5, 0.6) is 5.88 Å². The average Bonchev–Trinajstić information content (AvgIpc) is 2.97. The molecule has 27 heavy (non-hydrogen) atoms. The third kappa shape index (κ3) is 2.28. The normalized spacial score (nSPS) is 26.2. The van der Waals surface area contributed by atoms with E-state index in [2.05, 4.69) is 32.0 Å². The summed E-state index contributed by atoms with van der Waals surface area (Å²) >= 11 is 6.21. The van der Waals surface area contributed by atoms with Crippen molar-refractivity contribution in [2.75, 3.05) is 25.1 Å². The molecule has 0 aromatic carbocycles. The highest BCUT2D eigenvalue weighted by molar-refractivity contribution is 6.34. The van der Waals surface area contributed by atoms with Gasteiger partial charge in [-0.25, -0.2) is 9.67 Å². The summed E-state index contributed by atoms with van der Waals surface area (Å²) in [5, 5.41) is 13.6. The zero-order valence-electron chi connectivity index (χ0n) is 14.7. The number of aryl methyl sites for hydroxylation is 1. The minimum Gasteiger partial charge on any atom is -0.475 e. The maximum atomic E-state index is 6.21. The zero-order valence-corrected chi connectivity index (χ0v) is 15.5. The predicted octanol–water partition coefficient (Wildman–Crippen LogP) is 2.33. The minimum atomic E-state index is 0.396. The van der Waals surface area contributed by atoms with Gasteiger partial charge in [-0.15, -0.1) is 5.10 Å². The monoisotopic (exact) mass is 387 g/mol. The van der Waals surface area contributed by atoms with Gasteiger partial charge in [0.15, 0.2) is 10.8 Å². The van der Waals surface area contributed by atoms with Crippen molar-refractivity contribution in [2.45, 2.75) is 25.9 Å². The number of rotatable bonds is 1. The van der Waals surface area contributed by atoms with Crippen LogP contribution in [0.15, 0.2) is 6.20 Å². The molecule has 5 heterocycles. The predicted molar refractivity (Wildman–Crippen MR) is 97.5 cm³/mol. The number of hydrogen-bond acceptors (Lipinski definition) is 7. The molecule has 6 rings (SSSR count). The molecule has 1 saturated heterocycles. The summed E-state index contributed by atoms with van der Waals surface area (Å²) in [7, 11) is 0. The lowest BCUT2D eigenvalue weighted by Crippen LogP contribution is -2.09. The summed E-state index contributed by atoms with van der Waals surface area (Å²) in [6, 6.07) is 0.396. The van der Waals surface area contributed by atoms with Gasteiger partial charge in [-0.1, -0.05) is 11.6 Å². The Hall–Kier alpha value is -2.39. The first-order valence-corrected chi connectivity index (χ1v) is 9.54. The molecule has 1 aliphatic carbocycles. The van der Waals surface area contributed by atoms with Crippen LogP contribution in [-0.2, 0) is 11.3 Å². The summed E-state index contributed by atoms with van der Waals surface area (Å²) in [5.41, 5.74) is 2.57. The van der Waals surface area contributed by atoms with E-state index in [1.807, 2.05) is 0 Å². The number of halogens is 1. The van der Waals surface area contributed by atoms with Crippen LogP contribution in [0.1, 0.15) is 18.2 Å². The second-order valence-electron chi connectivity index (χ2n) is 7.34. The molecule has 3 atom stereocenters. The van der Waals surface area contributed by atoms with E-state index in [1.54, 1.807) is 10.9 Å². The smallest absolute Gasteiger partial charge is 0.257 e. The number of fused-ring (bicyclic) bond motifs is 3. The lowest BCUT2D eigenvalue weighted by Gasteiger charge is -2.08. The minimum absolute atomic E-state index is 0.396. The van der Waals surface area contributed by atoms with Crippen molar-refractivity contribution in [1.29, 1.82) is 0 Å². The van der Waals surface area contributed by atoms with Crippen molar-refractivity contribution < 1.29 is 9.47 Å². The Bertz CT molecular complexity index is 1050. The molecule has 2 aliphatic heterocycles. The molecule has 2 fully saturated rings. The van der Waals surface area contributed by atoms with Gasteiger partial charge in [0.25, 0.3) is 5.88 Å². The van der Waals surface area contributed by atoms with Crippen LogP contribution in [0.3, 0.4) is 0 Å². The zero-order chi connectivity index (χ0) is 18.1. The van der Waals surface area contributed by atoms with Crippen molar-refractivity contribution in [2.24, 2.45) is 11.8 Å². The Morgan fingerprint density at radius 2 is 2.11 bits per heavy atom. The average molecular weight is 388 g/mol. The Balaban J connectivity index is 1.43. The Morgan fingerprint density at radius 1 is 1.26 bits per heavy atom. The molecule has 0 amide bonds. The Labute approximate surface area is 159 Å². The lowest BCUT2D eigenvalue weighted by atomic mass is 10.3. The fourth-order valence-corrected chi connectivity index (χ4v) is 4.46. The van der Waals surface area contributed by atoms with Crippen LogP contribution in [0.4, 0.5) is 11.6 Å². The van der Waals surface area contributed by atoms with E-state index < -0.39 is 0 Å².